The van der Waals surface area contributed by atoms with Crippen molar-refractivity contribution in [2.75, 3.05) is 18.8 Å². The second-order valence-corrected chi connectivity index (χ2v) is 5.64. The summed E-state index contributed by atoms with van der Waals surface area (Å²) < 4.78 is 26.1. The fourth-order valence-electron chi connectivity index (χ4n) is 1.97. The van der Waals surface area contributed by atoms with Crippen molar-refractivity contribution in [3.05, 3.63) is 29.8 Å². The minimum absolute atomic E-state index is 0.00371. The molecule has 1 heterocycles. The lowest BCUT2D eigenvalue weighted by atomic mass is 9.96. The molecule has 0 unspecified atom stereocenters. The van der Waals surface area contributed by atoms with E-state index in [1.807, 2.05) is 0 Å². The number of carbonyl (C=O) groups is 2. The maximum Gasteiger partial charge on any atom is 0.303 e. The summed E-state index contributed by atoms with van der Waals surface area (Å²) in [6.45, 7) is 0.856. The minimum atomic E-state index is -0.871. The highest BCUT2D eigenvalue weighted by molar-refractivity contribution is 8.00. The minimum Gasteiger partial charge on any atom is -0.481 e. The molecule has 0 spiro atoms. The molecule has 1 aliphatic heterocycles. The molecule has 0 bridgehead atoms. The maximum absolute atomic E-state index is 13.4. The number of hydrogen-bond donors (Lipinski definition) is 1. The van der Waals surface area contributed by atoms with Crippen LogP contribution >= 0.6 is 11.8 Å². The molecule has 1 saturated heterocycles. The van der Waals surface area contributed by atoms with E-state index in [4.69, 9.17) is 5.11 Å². The predicted octanol–water partition coefficient (Wildman–Crippen LogP) is 1.99. The quantitative estimate of drug-likeness (QED) is 0.845. The van der Waals surface area contributed by atoms with Gasteiger partial charge >= 0.3 is 5.97 Å². The van der Waals surface area contributed by atoms with Gasteiger partial charge in [0.2, 0.25) is 5.91 Å². The SMILES string of the molecule is O=C(O)CC1CN(C(=O)CSc2ccc(F)cc2F)C1. The maximum atomic E-state index is 13.4. The molecule has 20 heavy (non-hydrogen) atoms. The Morgan fingerprint density at radius 3 is 2.65 bits per heavy atom. The third-order valence-corrected chi connectivity index (χ3v) is 4.05. The van der Waals surface area contributed by atoms with Crippen LogP contribution in [0.4, 0.5) is 8.78 Å². The first-order valence-electron chi connectivity index (χ1n) is 6.03. The van der Waals surface area contributed by atoms with Crippen LogP contribution in [0.1, 0.15) is 6.42 Å². The molecule has 0 aromatic heterocycles. The standard InChI is InChI=1S/C13H13F2NO3S/c14-9-1-2-11(10(15)4-9)20-7-12(17)16-5-8(6-16)3-13(18)19/h1-2,4,8H,3,5-7H2,(H,18,19). The largest absolute Gasteiger partial charge is 0.481 e. The Hall–Kier alpha value is -1.63. The van der Waals surface area contributed by atoms with Gasteiger partial charge in [-0.2, -0.15) is 0 Å². The number of carboxylic acid groups (broad SMARTS) is 1. The predicted molar refractivity (Wildman–Crippen MR) is 69.4 cm³/mol. The van der Waals surface area contributed by atoms with Crippen molar-refractivity contribution in [3.8, 4) is 0 Å². The van der Waals surface area contributed by atoms with Gasteiger partial charge in [0, 0.05) is 30.0 Å². The first-order valence-corrected chi connectivity index (χ1v) is 7.01. The van der Waals surface area contributed by atoms with E-state index in [2.05, 4.69) is 0 Å². The van der Waals surface area contributed by atoms with Gasteiger partial charge in [-0.05, 0) is 12.1 Å². The third kappa shape index (κ3) is 3.69. The van der Waals surface area contributed by atoms with E-state index in [1.54, 1.807) is 4.90 Å². The Labute approximate surface area is 118 Å². The first-order chi connectivity index (χ1) is 9.45. The number of nitrogens with zero attached hydrogens (tertiary/aromatic N) is 1. The molecule has 7 heteroatoms. The second-order valence-electron chi connectivity index (χ2n) is 4.63. The highest BCUT2D eigenvalue weighted by atomic mass is 32.2. The molecule has 1 fully saturated rings. The number of aliphatic carboxylic acids is 1. The normalized spacial score (nSPS) is 15.0. The van der Waals surface area contributed by atoms with Crippen molar-refractivity contribution in [1.82, 2.24) is 4.90 Å². The number of benzene rings is 1. The molecule has 1 amide bonds. The van der Waals surface area contributed by atoms with Crippen molar-refractivity contribution >= 4 is 23.6 Å². The van der Waals surface area contributed by atoms with Crippen LogP contribution in [0.2, 0.25) is 0 Å². The molecule has 108 valence electrons. The number of hydrogen-bond acceptors (Lipinski definition) is 3. The lowest BCUT2D eigenvalue weighted by Crippen LogP contribution is -2.51. The Morgan fingerprint density at radius 2 is 2.05 bits per heavy atom. The van der Waals surface area contributed by atoms with Crippen molar-refractivity contribution in [1.29, 1.82) is 0 Å². The average molecular weight is 301 g/mol. The van der Waals surface area contributed by atoms with E-state index in [9.17, 15) is 18.4 Å². The molecular weight excluding hydrogens is 288 g/mol. The van der Waals surface area contributed by atoms with Crippen molar-refractivity contribution in [2.24, 2.45) is 5.92 Å². The topological polar surface area (TPSA) is 57.6 Å². The molecule has 1 aromatic carbocycles. The van der Waals surface area contributed by atoms with Crippen molar-refractivity contribution in [3.63, 3.8) is 0 Å². The molecule has 0 aliphatic carbocycles. The fourth-order valence-corrected chi connectivity index (χ4v) is 2.80. The lowest BCUT2D eigenvalue weighted by Gasteiger charge is -2.38. The zero-order valence-electron chi connectivity index (χ0n) is 10.5. The van der Waals surface area contributed by atoms with E-state index in [-0.39, 0.29) is 28.9 Å². The van der Waals surface area contributed by atoms with Crippen LogP contribution in [-0.4, -0.2) is 40.7 Å². The van der Waals surface area contributed by atoms with Crippen LogP contribution in [-0.2, 0) is 9.59 Å². The van der Waals surface area contributed by atoms with Gasteiger partial charge < -0.3 is 10.0 Å². The molecule has 1 aromatic rings. The number of carboxylic acids is 1. The first kappa shape index (κ1) is 14.8. The van der Waals surface area contributed by atoms with Gasteiger partial charge in [-0.15, -0.1) is 11.8 Å². The van der Waals surface area contributed by atoms with Gasteiger partial charge in [0.1, 0.15) is 11.6 Å². The Bertz CT molecular complexity index is 532. The Morgan fingerprint density at radius 1 is 1.35 bits per heavy atom. The summed E-state index contributed by atoms with van der Waals surface area (Å²) in [7, 11) is 0. The summed E-state index contributed by atoms with van der Waals surface area (Å²) in [5.41, 5.74) is 0. The monoisotopic (exact) mass is 301 g/mol. The molecule has 2 rings (SSSR count). The van der Waals surface area contributed by atoms with Gasteiger partial charge in [-0.1, -0.05) is 0 Å². The molecule has 4 nitrogen and oxygen atoms in total. The van der Waals surface area contributed by atoms with Crippen LogP contribution in [0.15, 0.2) is 23.1 Å². The van der Waals surface area contributed by atoms with E-state index < -0.39 is 17.6 Å². The molecule has 0 radical (unpaired) electrons. The molecule has 0 atom stereocenters. The summed E-state index contributed by atoms with van der Waals surface area (Å²) >= 11 is 1.01. The van der Waals surface area contributed by atoms with Gasteiger partial charge in [0.15, 0.2) is 0 Å². The van der Waals surface area contributed by atoms with Crippen LogP contribution in [0.25, 0.3) is 0 Å². The second kappa shape index (κ2) is 6.21. The molecule has 1 aliphatic rings. The molecule has 0 saturated carbocycles. The number of amides is 1. The summed E-state index contributed by atoms with van der Waals surface area (Å²) in [6, 6.07) is 3.22. The highest BCUT2D eigenvalue weighted by Gasteiger charge is 2.31. The van der Waals surface area contributed by atoms with Crippen LogP contribution in [0.3, 0.4) is 0 Å². The number of rotatable bonds is 5. The van der Waals surface area contributed by atoms with Crippen LogP contribution < -0.4 is 0 Å². The number of thioether (sulfide) groups is 1. The molecule has 1 N–H and O–H groups in total. The van der Waals surface area contributed by atoms with Crippen LogP contribution in [0, 0.1) is 17.6 Å². The Balaban J connectivity index is 1.78. The zero-order chi connectivity index (χ0) is 14.7. The summed E-state index contributed by atoms with van der Waals surface area (Å²) in [5, 5.41) is 8.60. The van der Waals surface area contributed by atoms with E-state index in [0.29, 0.717) is 13.1 Å². The smallest absolute Gasteiger partial charge is 0.303 e. The van der Waals surface area contributed by atoms with Gasteiger partial charge in [0.05, 0.1) is 12.2 Å². The average Bonchev–Trinajstić information content (AvgIpc) is 2.31. The van der Waals surface area contributed by atoms with E-state index >= 15 is 0 Å². The van der Waals surface area contributed by atoms with Gasteiger partial charge in [0.25, 0.3) is 0 Å². The zero-order valence-corrected chi connectivity index (χ0v) is 11.3. The number of halogens is 2. The number of likely N-dealkylation sites (tertiary alicyclic amines) is 1. The number of carbonyl (C=O) groups excluding carboxylic acids is 1. The third-order valence-electron chi connectivity index (χ3n) is 3.02. The molecular formula is C13H13F2NO3S. The van der Waals surface area contributed by atoms with E-state index in [0.717, 1.165) is 23.9 Å². The lowest BCUT2D eigenvalue weighted by molar-refractivity contribution is -0.143. The van der Waals surface area contributed by atoms with E-state index in [1.165, 1.54) is 6.07 Å². The van der Waals surface area contributed by atoms with Crippen LogP contribution in [0.5, 0.6) is 0 Å². The Kier molecular flexibility index (Phi) is 4.59. The van der Waals surface area contributed by atoms with Gasteiger partial charge in [-0.25, -0.2) is 8.78 Å². The summed E-state index contributed by atoms with van der Waals surface area (Å²) in [5.74, 6) is -2.32. The van der Waals surface area contributed by atoms with Crippen molar-refractivity contribution in [2.45, 2.75) is 11.3 Å². The van der Waals surface area contributed by atoms with Crippen molar-refractivity contribution < 1.29 is 23.5 Å². The summed E-state index contributed by atoms with van der Waals surface area (Å²) in [6.07, 6.45) is 0.0590. The fraction of sp³-hybridized carbons (Fsp3) is 0.385. The summed E-state index contributed by atoms with van der Waals surface area (Å²) in [4.78, 5) is 24.0. The van der Waals surface area contributed by atoms with Gasteiger partial charge in [-0.3, -0.25) is 9.59 Å². The highest BCUT2D eigenvalue weighted by Crippen LogP contribution is 2.25.